The molecule has 1 unspecified atom stereocenters. The fourth-order valence-electron chi connectivity index (χ4n) is 1.45. The van der Waals surface area contributed by atoms with Gasteiger partial charge in [0.1, 0.15) is 0 Å². The molecule has 1 aliphatic rings. The van der Waals surface area contributed by atoms with E-state index in [1.54, 1.807) is 0 Å². The highest BCUT2D eigenvalue weighted by atomic mass is 16.7. The predicted molar refractivity (Wildman–Crippen MR) is 59.8 cm³/mol. The second kappa shape index (κ2) is 5.46. The summed E-state index contributed by atoms with van der Waals surface area (Å²) in [5.74, 6) is -0.441. The molecule has 1 saturated heterocycles. The van der Waals surface area contributed by atoms with Crippen molar-refractivity contribution in [3.63, 3.8) is 0 Å². The molecule has 1 aliphatic heterocycles. The van der Waals surface area contributed by atoms with E-state index in [1.165, 1.54) is 0 Å². The van der Waals surface area contributed by atoms with Crippen molar-refractivity contribution in [3.8, 4) is 0 Å². The first kappa shape index (κ1) is 13.2. The SMILES string of the molecule is C=CC(=O)OC(CC)C1OCC(C)(C)CO1. The van der Waals surface area contributed by atoms with Gasteiger partial charge in [-0.05, 0) is 6.42 Å². The third kappa shape index (κ3) is 3.61. The molecule has 0 aromatic carbocycles. The van der Waals surface area contributed by atoms with E-state index in [1.807, 2.05) is 6.92 Å². The van der Waals surface area contributed by atoms with Gasteiger partial charge in [0.25, 0.3) is 0 Å². The van der Waals surface area contributed by atoms with E-state index in [-0.39, 0.29) is 11.5 Å². The van der Waals surface area contributed by atoms with Crippen molar-refractivity contribution in [3.05, 3.63) is 12.7 Å². The third-order valence-corrected chi connectivity index (χ3v) is 2.42. The van der Waals surface area contributed by atoms with Crippen molar-refractivity contribution in [1.29, 1.82) is 0 Å². The van der Waals surface area contributed by atoms with Gasteiger partial charge in [-0.1, -0.05) is 27.4 Å². The largest absolute Gasteiger partial charge is 0.454 e. The second-order valence-electron chi connectivity index (χ2n) is 4.74. The quantitative estimate of drug-likeness (QED) is 0.544. The van der Waals surface area contributed by atoms with Crippen LogP contribution < -0.4 is 0 Å². The van der Waals surface area contributed by atoms with Crippen LogP contribution in [0.25, 0.3) is 0 Å². The highest BCUT2D eigenvalue weighted by Gasteiger charge is 2.33. The highest BCUT2D eigenvalue weighted by molar-refractivity contribution is 5.81. The first-order valence-electron chi connectivity index (χ1n) is 5.55. The molecule has 1 fully saturated rings. The smallest absolute Gasteiger partial charge is 0.330 e. The fraction of sp³-hybridized carbons (Fsp3) is 0.750. The van der Waals surface area contributed by atoms with Crippen LogP contribution in [0, 0.1) is 5.41 Å². The third-order valence-electron chi connectivity index (χ3n) is 2.42. The number of hydrogen-bond acceptors (Lipinski definition) is 4. The number of carbonyl (C=O) groups is 1. The van der Waals surface area contributed by atoms with Crippen LogP contribution in [-0.2, 0) is 19.0 Å². The lowest BCUT2D eigenvalue weighted by atomic mass is 9.95. The Morgan fingerprint density at radius 1 is 1.56 bits per heavy atom. The summed E-state index contributed by atoms with van der Waals surface area (Å²) in [4.78, 5) is 11.1. The standard InChI is InChI=1S/C12H20O4/c1-5-9(16-10(13)6-2)11-14-7-12(3,4)8-15-11/h6,9,11H,2,5,7-8H2,1,3-4H3. The van der Waals surface area contributed by atoms with Crippen LogP contribution in [0.5, 0.6) is 0 Å². The zero-order valence-corrected chi connectivity index (χ0v) is 10.2. The molecule has 1 rings (SSSR count). The Hall–Kier alpha value is -0.870. The van der Waals surface area contributed by atoms with E-state index in [0.717, 1.165) is 6.08 Å². The van der Waals surface area contributed by atoms with Crippen molar-refractivity contribution >= 4 is 5.97 Å². The minimum Gasteiger partial charge on any atom is -0.454 e. The maximum absolute atomic E-state index is 11.1. The van der Waals surface area contributed by atoms with Crippen molar-refractivity contribution in [1.82, 2.24) is 0 Å². The number of carbonyl (C=O) groups excluding carboxylic acids is 1. The summed E-state index contributed by atoms with van der Waals surface area (Å²) in [5, 5.41) is 0. The van der Waals surface area contributed by atoms with Crippen LogP contribution in [0.3, 0.4) is 0 Å². The van der Waals surface area contributed by atoms with E-state index in [0.29, 0.717) is 19.6 Å². The summed E-state index contributed by atoms with van der Waals surface area (Å²) >= 11 is 0. The van der Waals surface area contributed by atoms with E-state index >= 15 is 0 Å². The summed E-state index contributed by atoms with van der Waals surface area (Å²) in [5.41, 5.74) is 0.0250. The molecule has 0 aromatic rings. The summed E-state index contributed by atoms with van der Waals surface area (Å²) in [6.07, 6.45) is 0.989. The predicted octanol–water partition coefficient (Wildman–Crippen LogP) is 1.89. The van der Waals surface area contributed by atoms with E-state index in [9.17, 15) is 4.79 Å². The number of rotatable bonds is 4. The van der Waals surface area contributed by atoms with Gasteiger partial charge in [-0.25, -0.2) is 4.79 Å². The van der Waals surface area contributed by atoms with Gasteiger partial charge in [-0.15, -0.1) is 0 Å². The lowest BCUT2D eigenvalue weighted by Gasteiger charge is -2.37. The zero-order chi connectivity index (χ0) is 12.2. The Labute approximate surface area is 96.6 Å². The molecule has 0 aromatic heterocycles. The molecule has 1 heterocycles. The van der Waals surface area contributed by atoms with Gasteiger partial charge in [0.2, 0.25) is 0 Å². The Kier molecular flexibility index (Phi) is 4.50. The van der Waals surface area contributed by atoms with Crippen LogP contribution in [0.4, 0.5) is 0 Å². The minimum absolute atomic E-state index is 0.0250. The summed E-state index contributed by atoms with van der Waals surface area (Å²) in [7, 11) is 0. The molecule has 0 radical (unpaired) electrons. The molecule has 4 heteroatoms. The molecule has 16 heavy (non-hydrogen) atoms. The first-order chi connectivity index (χ1) is 7.48. The van der Waals surface area contributed by atoms with Gasteiger partial charge in [0.05, 0.1) is 13.2 Å². The lowest BCUT2D eigenvalue weighted by molar-refractivity contribution is -0.260. The maximum Gasteiger partial charge on any atom is 0.330 e. The van der Waals surface area contributed by atoms with Gasteiger partial charge in [0.15, 0.2) is 12.4 Å². The molecule has 0 N–H and O–H groups in total. The Morgan fingerprint density at radius 2 is 2.12 bits per heavy atom. The van der Waals surface area contributed by atoms with Gasteiger partial charge in [-0.2, -0.15) is 0 Å². The molecule has 4 nitrogen and oxygen atoms in total. The average molecular weight is 228 g/mol. The molecule has 0 aliphatic carbocycles. The summed E-state index contributed by atoms with van der Waals surface area (Å²) in [6, 6.07) is 0. The molecule has 92 valence electrons. The summed E-state index contributed by atoms with van der Waals surface area (Å²) < 4.78 is 16.3. The fourth-order valence-corrected chi connectivity index (χ4v) is 1.45. The monoisotopic (exact) mass is 228 g/mol. The van der Waals surface area contributed by atoms with E-state index in [2.05, 4.69) is 20.4 Å². The number of ether oxygens (including phenoxy) is 3. The van der Waals surface area contributed by atoms with Crippen molar-refractivity contribution in [2.24, 2.45) is 5.41 Å². The van der Waals surface area contributed by atoms with Crippen LogP contribution in [0.1, 0.15) is 27.2 Å². The van der Waals surface area contributed by atoms with Crippen LogP contribution in [-0.4, -0.2) is 31.6 Å². The lowest BCUT2D eigenvalue weighted by Crippen LogP contribution is -2.44. The van der Waals surface area contributed by atoms with Crippen molar-refractivity contribution in [2.75, 3.05) is 13.2 Å². The molecule has 0 spiro atoms. The summed E-state index contributed by atoms with van der Waals surface area (Å²) in [6.45, 7) is 10.6. The molecule has 1 atom stereocenters. The Balaban J connectivity index is 2.49. The van der Waals surface area contributed by atoms with Crippen molar-refractivity contribution < 1.29 is 19.0 Å². The highest BCUT2D eigenvalue weighted by Crippen LogP contribution is 2.25. The van der Waals surface area contributed by atoms with Gasteiger partial charge < -0.3 is 14.2 Å². The van der Waals surface area contributed by atoms with E-state index in [4.69, 9.17) is 14.2 Å². The number of hydrogen-bond donors (Lipinski definition) is 0. The van der Waals surface area contributed by atoms with Crippen LogP contribution in [0.15, 0.2) is 12.7 Å². The Morgan fingerprint density at radius 3 is 2.56 bits per heavy atom. The maximum atomic E-state index is 11.1. The minimum atomic E-state index is -0.457. The average Bonchev–Trinajstić information content (AvgIpc) is 2.26. The molecule has 0 amide bonds. The van der Waals surface area contributed by atoms with Crippen LogP contribution in [0.2, 0.25) is 0 Å². The Bertz CT molecular complexity index is 250. The molecule has 0 saturated carbocycles. The van der Waals surface area contributed by atoms with Gasteiger partial charge in [0, 0.05) is 11.5 Å². The normalized spacial score (nSPS) is 22.4. The van der Waals surface area contributed by atoms with Gasteiger partial charge >= 0.3 is 5.97 Å². The second-order valence-corrected chi connectivity index (χ2v) is 4.74. The first-order valence-corrected chi connectivity index (χ1v) is 5.55. The molecule has 0 bridgehead atoms. The zero-order valence-electron chi connectivity index (χ0n) is 10.2. The molecular weight excluding hydrogens is 208 g/mol. The van der Waals surface area contributed by atoms with Crippen molar-refractivity contribution in [2.45, 2.75) is 39.6 Å². The van der Waals surface area contributed by atoms with E-state index < -0.39 is 12.3 Å². The van der Waals surface area contributed by atoms with Gasteiger partial charge in [-0.3, -0.25) is 0 Å². The number of esters is 1. The topological polar surface area (TPSA) is 44.8 Å². The molecular formula is C12H20O4. The van der Waals surface area contributed by atoms with Crippen LogP contribution >= 0.6 is 0 Å².